The first-order chi connectivity index (χ1) is 10.2. The van der Waals surface area contributed by atoms with Crippen LogP contribution < -0.4 is 0 Å². The van der Waals surface area contributed by atoms with E-state index in [1.807, 2.05) is 24.3 Å². The second-order valence-corrected chi connectivity index (χ2v) is 7.00. The number of thiazole rings is 1. The van der Waals surface area contributed by atoms with Gasteiger partial charge in [0.2, 0.25) is 0 Å². The molecule has 1 atom stereocenters. The van der Waals surface area contributed by atoms with Gasteiger partial charge in [0.05, 0.1) is 23.4 Å². The standard InChI is InChI=1S/C15H18N4OS/c1-18-9-11(7-17-18)12-3-2-6-19(12)15(20)13-8-16-14(21-13)10-4-5-10/h7-10,12H,2-6H2,1H3/t12-/m1/s1. The number of carbonyl (C=O) groups excluding carboxylic acids is 1. The number of amides is 1. The van der Waals surface area contributed by atoms with E-state index in [1.54, 1.807) is 22.2 Å². The van der Waals surface area contributed by atoms with Crippen LogP contribution in [0, 0.1) is 0 Å². The van der Waals surface area contributed by atoms with Gasteiger partial charge in [-0.25, -0.2) is 4.98 Å². The molecule has 2 aromatic heterocycles. The van der Waals surface area contributed by atoms with Crippen molar-refractivity contribution in [2.75, 3.05) is 6.54 Å². The Morgan fingerprint density at radius 3 is 2.90 bits per heavy atom. The Kier molecular flexibility index (Phi) is 3.06. The molecular formula is C15H18N4OS. The lowest BCUT2D eigenvalue weighted by Crippen LogP contribution is -2.29. The van der Waals surface area contributed by atoms with Crippen molar-refractivity contribution in [2.45, 2.75) is 37.6 Å². The zero-order valence-corrected chi connectivity index (χ0v) is 12.8. The Hall–Kier alpha value is -1.69. The highest BCUT2D eigenvalue weighted by molar-refractivity contribution is 7.13. The van der Waals surface area contributed by atoms with Crippen LogP contribution in [0.4, 0.5) is 0 Å². The minimum atomic E-state index is 0.130. The van der Waals surface area contributed by atoms with Gasteiger partial charge in [-0.1, -0.05) is 0 Å². The third-order valence-electron chi connectivity index (χ3n) is 4.28. The summed E-state index contributed by atoms with van der Waals surface area (Å²) >= 11 is 1.58. The largest absolute Gasteiger partial charge is 0.331 e. The van der Waals surface area contributed by atoms with Crippen LogP contribution in [0.3, 0.4) is 0 Å². The molecule has 3 heterocycles. The summed E-state index contributed by atoms with van der Waals surface area (Å²) in [6.45, 7) is 0.828. The maximum Gasteiger partial charge on any atom is 0.266 e. The van der Waals surface area contributed by atoms with Gasteiger partial charge in [0.25, 0.3) is 5.91 Å². The fourth-order valence-corrected chi connectivity index (χ4v) is 4.06. The van der Waals surface area contributed by atoms with Crippen molar-refractivity contribution < 1.29 is 4.79 Å². The van der Waals surface area contributed by atoms with Crippen LogP contribution in [0.25, 0.3) is 0 Å². The first-order valence-corrected chi connectivity index (χ1v) is 8.29. The Balaban J connectivity index is 1.56. The number of nitrogens with zero attached hydrogens (tertiary/aromatic N) is 4. The van der Waals surface area contributed by atoms with E-state index in [4.69, 9.17) is 0 Å². The van der Waals surface area contributed by atoms with Crippen LogP contribution in [-0.2, 0) is 7.05 Å². The summed E-state index contributed by atoms with van der Waals surface area (Å²) in [5.41, 5.74) is 1.13. The fraction of sp³-hybridized carbons (Fsp3) is 0.533. The SMILES string of the molecule is Cn1cc([C@H]2CCCN2C(=O)c2cnc(C3CC3)s2)cn1. The summed E-state index contributed by atoms with van der Waals surface area (Å²) in [4.78, 5) is 20.0. The molecule has 1 saturated carbocycles. The summed E-state index contributed by atoms with van der Waals surface area (Å²) < 4.78 is 1.80. The summed E-state index contributed by atoms with van der Waals surface area (Å²) in [6, 6.07) is 0.165. The van der Waals surface area contributed by atoms with Gasteiger partial charge < -0.3 is 4.90 Å². The number of hydrogen-bond acceptors (Lipinski definition) is 4. The quantitative estimate of drug-likeness (QED) is 0.876. The number of likely N-dealkylation sites (tertiary alicyclic amines) is 1. The molecule has 1 saturated heterocycles. The van der Waals surface area contributed by atoms with Crippen molar-refractivity contribution in [2.24, 2.45) is 7.05 Å². The van der Waals surface area contributed by atoms with Crippen LogP contribution in [0.15, 0.2) is 18.6 Å². The van der Waals surface area contributed by atoms with Gasteiger partial charge in [-0.3, -0.25) is 9.48 Å². The molecule has 0 aromatic carbocycles. The summed E-state index contributed by atoms with van der Waals surface area (Å²) in [5, 5.41) is 5.37. The molecule has 0 unspecified atom stereocenters. The lowest BCUT2D eigenvalue weighted by atomic mass is 10.1. The molecule has 110 valence electrons. The van der Waals surface area contributed by atoms with Crippen molar-refractivity contribution in [1.82, 2.24) is 19.7 Å². The number of aromatic nitrogens is 3. The highest BCUT2D eigenvalue weighted by Gasteiger charge is 2.33. The molecule has 0 radical (unpaired) electrons. The first kappa shape index (κ1) is 13.0. The van der Waals surface area contributed by atoms with Gasteiger partial charge in [-0.2, -0.15) is 5.10 Å². The van der Waals surface area contributed by atoms with Crippen LogP contribution in [0.2, 0.25) is 0 Å². The summed E-state index contributed by atoms with van der Waals surface area (Å²) in [7, 11) is 1.91. The van der Waals surface area contributed by atoms with E-state index in [-0.39, 0.29) is 11.9 Å². The number of aryl methyl sites for hydroxylation is 1. The fourth-order valence-electron chi connectivity index (χ4n) is 3.02. The Morgan fingerprint density at radius 1 is 1.33 bits per heavy atom. The van der Waals surface area contributed by atoms with Crippen molar-refractivity contribution in [1.29, 1.82) is 0 Å². The van der Waals surface area contributed by atoms with E-state index >= 15 is 0 Å². The maximum atomic E-state index is 12.8. The molecule has 21 heavy (non-hydrogen) atoms. The topological polar surface area (TPSA) is 51.0 Å². The predicted molar refractivity (Wildman–Crippen MR) is 80.3 cm³/mol. The van der Waals surface area contributed by atoms with Gasteiger partial charge in [0, 0.05) is 31.3 Å². The van der Waals surface area contributed by atoms with Crippen molar-refractivity contribution in [3.05, 3.63) is 34.0 Å². The number of hydrogen-bond donors (Lipinski definition) is 0. The smallest absolute Gasteiger partial charge is 0.266 e. The third-order valence-corrected chi connectivity index (χ3v) is 5.43. The Bertz CT molecular complexity index is 673. The monoisotopic (exact) mass is 302 g/mol. The van der Waals surface area contributed by atoms with Crippen LogP contribution in [0.5, 0.6) is 0 Å². The van der Waals surface area contributed by atoms with Gasteiger partial charge in [0.15, 0.2) is 0 Å². The number of carbonyl (C=O) groups is 1. The van der Waals surface area contributed by atoms with E-state index in [0.717, 1.165) is 34.8 Å². The molecule has 0 N–H and O–H groups in total. The lowest BCUT2D eigenvalue weighted by molar-refractivity contribution is 0.0740. The van der Waals surface area contributed by atoms with Gasteiger partial charge in [0.1, 0.15) is 4.88 Å². The summed E-state index contributed by atoms with van der Waals surface area (Å²) in [6.07, 6.45) is 10.2. The molecule has 4 rings (SSSR count). The predicted octanol–water partition coefficient (Wildman–Crippen LogP) is 2.73. The Labute approximate surface area is 127 Å². The maximum absolute atomic E-state index is 12.8. The zero-order chi connectivity index (χ0) is 14.4. The molecule has 2 aromatic rings. The second kappa shape index (κ2) is 4.94. The van der Waals surface area contributed by atoms with Gasteiger partial charge in [-0.15, -0.1) is 11.3 Å². The normalized spacial score (nSPS) is 22.0. The Morgan fingerprint density at radius 2 is 2.19 bits per heavy atom. The molecule has 1 aliphatic carbocycles. The van der Waals surface area contributed by atoms with E-state index in [2.05, 4.69) is 10.1 Å². The molecule has 0 bridgehead atoms. The zero-order valence-electron chi connectivity index (χ0n) is 12.0. The lowest BCUT2D eigenvalue weighted by Gasteiger charge is -2.23. The third kappa shape index (κ3) is 2.37. The van der Waals surface area contributed by atoms with E-state index in [9.17, 15) is 4.79 Å². The van der Waals surface area contributed by atoms with Crippen molar-refractivity contribution in [3.8, 4) is 0 Å². The van der Waals surface area contributed by atoms with E-state index in [0.29, 0.717) is 5.92 Å². The van der Waals surface area contributed by atoms with Crippen molar-refractivity contribution in [3.63, 3.8) is 0 Å². The van der Waals surface area contributed by atoms with Crippen LogP contribution in [-0.4, -0.2) is 32.1 Å². The molecule has 0 spiro atoms. The molecule has 6 heteroatoms. The molecule has 1 amide bonds. The first-order valence-electron chi connectivity index (χ1n) is 7.47. The molecule has 1 aliphatic heterocycles. The highest BCUT2D eigenvalue weighted by atomic mass is 32.1. The molecule has 2 aliphatic rings. The average molecular weight is 302 g/mol. The molecular weight excluding hydrogens is 284 g/mol. The van der Waals surface area contributed by atoms with Gasteiger partial charge >= 0.3 is 0 Å². The highest BCUT2D eigenvalue weighted by Crippen LogP contribution is 2.42. The van der Waals surface area contributed by atoms with Crippen LogP contribution >= 0.6 is 11.3 Å². The van der Waals surface area contributed by atoms with Gasteiger partial charge in [-0.05, 0) is 25.7 Å². The summed E-state index contributed by atoms with van der Waals surface area (Å²) in [5.74, 6) is 0.745. The van der Waals surface area contributed by atoms with Crippen molar-refractivity contribution >= 4 is 17.2 Å². The van der Waals surface area contributed by atoms with E-state index in [1.165, 1.54) is 12.8 Å². The average Bonchev–Trinajstić information content (AvgIpc) is 2.94. The molecule has 5 nitrogen and oxygen atoms in total. The van der Waals surface area contributed by atoms with E-state index < -0.39 is 0 Å². The number of rotatable bonds is 3. The molecule has 2 fully saturated rings. The van der Waals surface area contributed by atoms with Crippen LogP contribution in [0.1, 0.15) is 57.9 Å². The minimum Gasteiger partial charge on any atom is -0.331 e. The minimum absolute atomic E-state index is 0.130. The second-order valence-electron chi connectivity index (χ2n) is 5.94.